The van der Waals surface area contributed by atoms with Gasteiger partial charge in [-0.3, -0.25) is 4.99 Å². The number of halogens is 3. The molecule has 17 heavy (non-hydrogen) atoms. The molecule has 0 saturated heterocycles. The maximum Gasteiger partial charge on any atom is 0.0816 e. The fourth-order valence-corrected chi connectivity index (χ4v) is 2.21. The van der Waals surface area contributed by atoms with Gasteiger partial charge in [-0.25, -0.2) is 0 Å². The van der Waals surface area contributed by atoms with Gasteiger partial charge in [0.25, 0.3) is 0 Å². The Hall–Kier alpha value is -0.830. The molecule has 0 N–H and O–H groups in total. The van der Waals surface area contributed by atoms with Crippen LogP contribution in [0.5, 0.6) is 0 Å². The first-order valence-corrected chi connectivity index (χ1v) is 6.45. The highest BCUT2D eigenvalue weighted by atomic mass is 79.9. The Balaban J connectivity index is 2.29. The summed E-state index contributed by atoms with van der Waals surface area (Å²) >= 11 is 15.4. The summed E-state index contributed by atoms with van der Waals surface area (Å²) in [5.74, 6) is 0. The minimum atomic E-state index is 0.600. The van der Waals surface area contributed by atoms with Crippen molar-refractivity contribution in [2.24, 2.45) is 4.99 Å². The van der Waals surface area contributed by atoms with Crippen molar-refractivity contribution in [3.05, 3.63) is 62.5 Å². The van der Waals surface area contributed by atoms with Crippen molar-refractivity contribution in [1.82, 2.24) is 0 Å². The normalized spacial score (nSPS) is 11.0. The number of hydrogen-bond acceptors (Lipinski definition) is 1. The van der Waals surface area contributed by atoms with E-state index in [-0.39, 0.29) is 0 Å². The lowest BCUT2D eigenvalue weighted by atomic mass is 10.2. The van der Waals surface area contributed by atoms with Crippen LogP contribution in [0.3, 0.4) is 0 Å². The molecule has 2 aromatic carbocycles. The van der Waals surface area contributed by atoms with Gasteiger partial charge in [0.1, 0.15) is 0 Å². The lowest BCUT2D eigenvalue weighted by Crippen LogP contribution is -1.81. The van der Waals surface area contributed by atoms with E-state index in [2.05, 4.69) is 20.9 Å². The molecule has 0 saturated carbocycles. The lowest BCUT2D eigenvalue weighted by molar-refractivity contribution is 1.51. The zero-order valence-corrected chi connectivity index (χ0v) is 11.8. The third kappa shape index (κ3) is 3.32. The average molecular weight is 329 g/mol. The van der Waals surface area contributed by atoms with E-state index >= 15 is 0 Å². The fraction of sp³-hybridized carbons (Fsp3) is 0. The van der Waals surface area contributed by atoms with Gasteiger partial charge in [0, 0.05) is 21.3 Å². The first kappa shape index (κ1) is 12.6. The number of nitrogens with zero attached hydrogens (tertiary/aromatic N) is 1. The molecular weight excluding hydrogens is 321 g/mol. The fourth-order valence-electron chi connectivity index (χ4n) is 1.30. The molecule has 0 atom stereocenters. The van der Waals surface area contributed by atoms with Crippen molar-refractivity contribution in [1.29, 1.82) is 0 Å². The largest absolute Gasteiger partial charge is 0.255 e. The second kappa shape index (κ2) is 5.67. The van der Waals surface area contributed by atoms with Gasteiger partial charge in [-0.15, -0.1) is 0 Å². The van der Waals surface area contributed by atoms with Crippen LogP contribution in [0.1, 0.15) is 5.56 Å². The highest BCUT2D eigenvalue weighted by molar-refractivity contribution is 9.10. The van der Waals surface area contributed by atoms with Crippen LogP contribution in [0, 0.1) is 0 Å². The smallest absolute Gasteiger partial charge is 0.0816 e. The Bertz CT molecular complexity index is 567. The molecule has 86 valence electrons. The second-order valence-electron chi connectivity index (χ2n) is 3.38. The summed E-state index contributed by atoms with van der Waals surface area (Å²) in [5, 5.41) is 1.27. The van der Waals surface area contributed by atoms with Crippen LogP contribution in [0.2, 0.25) is 10.0 Å². The van der Waals surface area contributed by atoms with Crippen molar-refractivity contribution in [3.63, 3.8) is 0 Å². The molecule has 0 heterocycles. The van der Waals surface area contributed by atoms with E-state index in [1.165, 1.54) is 0 Å². The summed E-state index contributed by atoms with van der Waals surface area (Å²) in [7, 11) is 0. The molecule has 0 radical (unpaired) electrons. The average Bonchev–Trinajstić information content (AvgIpc) is 2.30. The van der Waals surface area contributed by atoms with E-state index in [4.69, 9.17) is 23.2 Å². The molecule has 4 heteroatoms. The first-order valence-electron chi connectivity index (χ1n) is 4.90. The van der Waals surface area contributed by atoms with E-state index in [0.717, 1.165) is 15.7 Å². The molecule has 2 rings (SSSR count). The predicted molar refractivity (Wildman–Crippen MR) is 77.9 cm³/mol. The van der Waals surface area contributed by atoms with Gasteiger partial charge < -0.3 is 0 Å². The lowest BCUT2D eigenvalue weighted by Gasteiger charge is -1.99. The van der Waals surface area contributed by atoms with Crippen LogP contribution in [-0.2, 0) is 0 Å². The Morgan fingerprint density at radius 2 is 1.76 bits per heavy atom. The van der Waals surface area contributed by atoms with Gasteiger partial charge in [-0.2, -0.15) is 0 Å². The van der Waals surface area contributed by atoms with Gasteiger partial charge >= 0.3 is 0 Å². The van der Waals surface area contributed by atoms with Crippen molar-refractivity contribution >= 4 is 51.0 Å². The molecule has 0 aliphatic heterocycles. The predicted octanol–water partition coefficient (Wildman–Crippen LogP) is 5.51. The van der Waals surface area contributed by atoms with Crippen molar-refractivity contribution in [3.8, 4) is 0 Å². The molecule has 0 aliphatic carbocycles. The van der Waals surface area contributed by atoms with Crippen molar-refractivity contribution in [2.75, 3.05) is 0 Å². The maximum atomic E-state index is 6.06. The van der Waals surface area contributed by atoms with Crippen LogP contribution in [0.25, 0.3) is 0 Å². The Morgan fingerprint density at radius 3 is 2.47 bits per heavy atom. The van der Waals surface area contributed by atoms with Crippen molar-refractivity contribution < 1.29 is 0 Å². The summed E-state index contributed by atoms with van der Waals surface area (Å²) in [4.78, 5) is 4.32. The van der Waals surface area contributed by atoms with E-state index in [9.17, 15) is 0 Å². The Labute approximate surface area is 118 Å². The van der Waals surface area contributed by atoms with Gasteiger partial charge in [0.2, 0.25) is 0 Å². The third-order valence-corrected chi connectivity index (χ3v) is 3.30. The molecule has 0 fully saturated rings. The summed E-state index contributed by atoms with van der Waals surface area (Å²) in [6, 6.07) is 13.1. The number of aliphatic imine (C=N–C) groups is 1. The van der Waals surface area contributed by atoms with Crippen LogP contribution < -0.4 is 0 Å². The highest BCUT2D eigenvalue weighted by Gasteiger charge is 1.99. The van der Waals surface area contributed by atoms with E-state index in [1.54, 1.807) is 12.3 Å². The zero-order valence-electron chi connectivity index (χ0n) is 8.70. The molecule has 0 spiro atoms. The third-order valence-electron chi connectivity index (χ3n) is 2.16. The quantitative estimate of drug-likeness (QED) is 0.645. The zero-order chi connectivity index (χ0) is 12.3. The second-order valence-corrected chi connectivity index (χ2v) is 5.11. The highest BCUT2D eigenvalue weighted by Crippen LogP contribution is 2.28. The molecule has 0 bridgehead atoms. The molecule has 2 aromatic rings. The minimum absolute atomic E-state index is 0.600. The monoisotopic (exact) mass is 327 g/mol. The van der Waals surface area contributed by atoms with Crippen LogP contribution in [0.15, 0.2) is 51.9 Å². The first-order chi connectivity index (χ1) is 8.16. The molecule has 0 aliphatic rings. The van der Waals surface area contributed by atoms with Crippen LogP contribution in [0.4, 0.5) is 5.69 Å². The van der Waals surface area contributed by atoms with E-state index in [0.29, 0.717) is 10.0 Å². The SMILES string of the molecule is Clc1ccccc1C=Nc1ccc(Br)cc1Cl. The van der Waals surface area contributed by atoms with Gasteiger partial charge in [0.05, 0.1) is 10.7 Å². The Kier molecular flexibility index (Phi) is 4.21. The van der Waals surface area contributed by atoms with Gasteiger partial charge in [-0.1, -0.05) is 57.3 Å². The summed E-state index contributed by atoms with van der Waals surface area (Å²) in [6.07, 6.45) is 1.71. The molecule has 0 unspecified atom stereocenters. The summed E-state index contributed by atoms with van der Waals surface area (Å²) < 4.78 is 0.930. The maximum absolute atomic E-state index is 6.06. The van der Waals surface area contributed by atoms with Crippen LogP contribution >= 0.6 is 39.1 Å². The molecule has 0 aromatic heterocycles. The van der Waals surface area contributed by atoms with Crippen LogP contribution in [-0.4, -0.2) is 6.21 Å². The minimum Gasteiger partial charge on any atom is -0.255 e. The Morgan fingerprint density at radius 1 is 1.00 bits per heavy atom. The standard InChI is InChI=1S/C13H8BrCl2N/c14-10-5-6-13(12(16)7-10)17-8-9-3-1-2-4-11(9)15/h1-8H. The summed E-state index contributed by atoms with van der Waals surface area (Å²) in [5.41, 5.74) is 1.59. The van der Waals surface area contributed by atoms with E-state index < -0.39 is 0 Å². The number of rotatable bonds is 2. The molecule has 1 nitrogen and oxygen atoms in total. The summed E-state index contributed by atoms with van der Waals surface area (Å²) in [6.45, 7) is 0. The van der Waals surface area contributed by atoms with Gasteiger partial charge in [0.15, 0.2) is 0 Å². The molecule has 0 amide bonds. The van der Waals surface area contributed by atoms with E-state index in [1.807, 2.05) is 36.4 Å². The van der Waals surface area contributed by atoms with Crippen molar-refractivity contribution in [2.45, 2.75) is 0 Å². The number of benzene rings is 2. The topological polar surface area (TPSA) is 12.4 Å². The molecular formula is C13H8BrCl2N. The number of hydrogen-bond donors (Lipinski definition) is 0. The van der Waals surface area contributed by atoms with Gasteiger partial charge in [-0.05, 0) is 24.3 Å².